The summed E-state index contributed by atoms with van der Waals surface area (Å²) in [5.74, 6) is 0. The molecule has 0 N–H and O–H groups in total. The summed E-state index contributed by atoms with van der Waals surface area (Å²) in [6, 6.07) is 49.7. The summed E-state index contributed by atoms with van der Waals surface area (Å²) in [6.07, 6.45) is 5.61. The van der Waals surface area contributed by atoms with Crippen LogP contribution in [0.15, 0.2) is 146 Å². The summed E-state index contributed by atoms with van der Waals surface area (Å²) < 4.78 is 0. The minimum Gasteiger partial charge on any atom is -0.394 e. The fourth-order valence-electron chi connectivity index (χ4n) is 2.54. The van der Waals surface area contributed by atoms with Crippen molar-refractivity contribution in [3.63, 3.8) is 0 Å². The van der Waals surface area contributed by atoms with Crippen LogP contribution in [0.5, 0.6) is 0 Å². The molecule has 0 atom stereocenters. The quantitative estimate of drug-likeness (QED) is 0.125. The van der Waals surface area contributed by atoms with Gasteiger partial charge in [0.05, 0.1) is 0 Å². The average molecular weight is 1410 g/mol. The van der Waals surface area contributed by atoms with Crippen molar-refractivity contribution in [2.45, 2.75) is 180 Å². The first-order chi connectivity index (χ1) is 30.7. The van der Waals surface area contributed by atoms with Crippen LogP contribution in [0, 0.1) is 38.4 Å². The molecule has 3 heteroatoms. The molecule has 0 bridgehead atoms. The van der Waals surface area contributed by atoms with Gasteiger partial charge in [-0.05, 0) is 10.8 Å². The van der Waals surface area contributed by atoms with Gasteiger partial charge in [0.2, 0.25) is 0 Å². The van der Waals surface area contributed by atoms with Gasteiger partial charge >= 0.3 is 63.2 Å². The SMILES string of the molecule is CC.CC.CC.CC.CC.CC.CC.CC.CC.CC.CC.CC.CC.[CH-]=CC=[CH-].[CH-]=Cc1[c-]cccc1.[CH-]=Cc1[c-]cccc1.[W+2].[W+2].[W+2].c1ccc2ccccc2c1.c1ccccc1. The summed E-state index contributed by atoms with van der Waals surface area (Å²) >= 11 is 0. The third-order valence-corrected chi connectivity index (χ3v) is 4.26. The predicted octanol–water partition coefficient (Wildman–Crippen LogP) is 22.7. The van der Waals surface area contributed by atoms with Crippen LogP contribution in [0.1, 0.15) is 191 Å². The van der Waals surface area contributed by atoms with Crippen LogP contribution in [0.3, 0.4) is 0 Å². The molecule has 0 saturated carbocycles. The number of rotatable bonds is 3. The van der Waals surface area contributed by atoms with E-state index in [0.717, 1.165) is 11.1 Å². The first-order valence-electron chi connectivity index (χ1n) is 24.3. The van der Waals surface area contributed by atoms with Crippen molar-refractivity contribution in [3.05, 3.63) is 195 Å². The van der Waals surface area contributed by atoms with E-state index in [4.69, 9.17) is 26.3 Å². The topological polar surface area (TPSA) is 0 Å². The number of hydrogen-bond donors (Lipinski definition) is 0. The first-order valence-corrected chi connectivity index (χ1v) is 24.3. The molecule has 5 rings (SSSR count). The molecule has 5 aromatic carbocycles. The van der Waals surface area contributed by atoms with Crippen molar-refractivity contribution in [2.24, 2.45) is 0 Å². The van der Waals surface area contributed by atoms with Gasteiger partial charge in [0.25, 0.3) is 0 Å². The van der Waals surface area contributed by atoms with E-state index in [-0.39, 0.29) is 63.2 Å². The largest absolute Gasteiger partial charge is 2.00 e. The Labute approximate surface area is 457 Å². The molecular formula is C62H108W3. The summed E-state index contributed by atoms with van der Waals surface area (Å²) in [6.45, 7) is 71.8. The zero-order valence-electron chi connectivity index (χ0n) is 47.5. The summed E-state index contributed by atoms with van der Waals surface area (Å²) in [5, 5.41) is 2.62. The Morgan fingerprint density at radius 2 is 0.431 bits per heavy atom. The molecule has 5 aromatic rings. The maximum atomic E-state index is 5.19. The van der Waals surface area contributed by atoms with Crippen molar-refractivity contribution in [3.8, 4) is 0 Å². The van der Waals surface area contributed by atoms with E-state index in [0.29, 0.717) is 0 Å². The van der Waals surface area contributed by atoms with Gasteiger partial charge in [-0.1, -0.05) is 265 Å². The molecule has 0 spiro atoms. The zero-order chi connectivity index (χ0) is 52.1. The van der Waals surface area contributed by atoms with Crippen molar-refractivity contribution in [2.75, 3.05) is 0 Å². The van der Waals surface area contributed by atoms with Gasteiger partial charge in [-0.3, -0.25) is 0 Å². The van der Waals surface area contributed by atoms with Gasteiger partial charge in [0.1, 0.15) is 0 Å². The molecule has 0 aliphatic carbocycles. The maximum Gasteiger partial charge on any atom is 2.00 e. The van der Waals surface area contributed by atoms with E-state index in [2.05, 4.69) is 60.7 Å². The summed E-state index contributed by atoms with van der Waals surface area (Å²) in [4.78, 5) is 0. The van der Waals surface area contributed by atoms with Gasteiger partial charge < -0.3 is 61.7 Å². The normalized spacial score (nSPS) is 5.88. The molecule has 374 valence electrons. The van der Waals surface area contributed by atoms with Gasteiger partial charge in [-0.15, -0.1) is 12.1 Å². The molecule has 0 aliphatic heterocycles. The van der Waals surface area contributed by atoms with E-state index in [1.165, 1.54) is 35.1 Å². The molecule has 65 heavy (non-hydrogen) atoms. The number of hydrogen-bond acceptors (Lipinski definition) is 0. The average Bonchev–Trinajstić information content (AvgIpc) is 3.45. The maximum absolute atomic E-state index is 5.19. The smallest absolute Gasteiger partial charge is 0.394 e. The Morgan fingerprint density at radius 3 is 0.538 bits per heavy atom. The minimum atomic E-state index is 0. The van der Waals surface area contributed by atoms with E-state index < -0.39 is 0 Å². The monoisotopic (exact) mass is 1400 g/mol. The molecular weight excluding hydrogens is 1300 g/mol. The Bertz CT molecular complexity index is 1100. The van der Waals surface area contributed by atoms with E-state index >= 15 is 0 Å². The Kier molecular flexibility index (Phi) is 269. The van der Waals surface area contributed by atoms with Crippen LogP contribution in [0.25, 0.3) is 22.9 Å². The number of fused-ring (bicyclic) bond motifs is 1. The second kappa shape index (κ2) is 160. The zero-order valence-corrected chi connectivity index (χ0v) is 56.3. The second-order valence-electron chi connectivity index (χ2n) is 6.86. The Hall–Kier alpha value is -2.62. The van der Waals surface area contributed by atoms with Crippen LogP contribution in [0.4, 0.5) is 0 Å². The number of benzene rings is 5. The van der Waals surface area contributed by atoms with Crippen LogP contribution in [-0.2, 0) is 63.2 Å². The van der Waals surface area contributed by atoms with E-state index in [9.17, 15) is 0 Å². The predicted molar refractivity (Wildman–Crippen MR) is 304 cm³/mol. The Balaban J connectivity index is -0.0000000293. The van der Waals surface area contributed by atoms with Crippen LogP contribution in [0.2, 0.25) is 0 Å². The fraction of sp³-hybridized carbons (Fsp3) is 0.419. The molecule has 0 saturated heterocycles. The van der Waals surface area contributed by atoms with Crippen molar-refractivity contribution < 1.29 is 63.2 Å². The van der Waals surface area contributed by atoms with E-state index in [1.807, 2.05) is 265 Å². The second-order valence-corrected chi connectivity index (χ2v) is 6.86. The molecule has 0 amide bonds. The van der Waals surface area contributed by atoms with Crippen molar-refractivity contribution in [1.29, 1.82) is 0 Å². The standard InChI is InChI=1S/C10H8.2C8H6.C6H6.C4H4.13C2H6.3W/c1-2-6-10-8-4-3-7-9(10)5-1;2*1-2-8-6-4-3-5-7-8;1-2-4-6-5-3-1;1-3-4-2;13*1-2;;;/h1-8H;2*1-6H;1-6H;1-4H;13*1-2H3;;;/q;2*-2;;-2;;;;;;;;;;;;;;3*+2. The molecule has 0 unspecified atom stereocenters. The number of allylic oxidation sites excluding steroid dienone is 2. The fourth-order valence-corrected chi connectivity index (χ4v) is 2.54. The Morgan fingerprint density at radius 1 is 0.262 bits per heavy atom. The first kappa shape index (κ1) is 109. The van der Waals surface area contributed by atoms with Crippen LogP contribution < -0.4 is 0 Å². The van der Waals surface area contributed by atoms with Crippen LogP contribution >= 0.6 is 0 Å². The molecule has 0 aliphatic rings. The van der Waals surface area contributed by atoms with Gasteiger partial charge in [0, 0.05) is 0 Å². The van der Waals surface area contributed by atoms with Crippen LogP contribution in [-0.4, -0.2) is 0 Å². The molecule has 0 nitrogen and oxygen atoms in total. The van der Waals surface area contributed by atoms with Gasteiger partial charge in [-0.25, -0.2) is 24.3 Å². The summed E-state index contributed by atoms with van der Waals surface area (Å²) in [7, 11) is 0. The minimum absolute atomic E-state index is 0. The van der Waals surface area contributed by atoms with Crippen molar-refractivity contribution in [1.82, 2.24) is 0 Å². The molecule has 0 fully saturated rings. The van der Waals surface area contributed by atoms with Crippen molar-refractivity contribution >= 4 is 22.9 Å². The third-order valence-electron chi connectivity index (χ3n) is 4.26. The van der Waals surface area contributed by atoms with E-state index in [1.54, 1.807) is 0 Å². The third kappa shape index (κ3) is 121. The summed E-state index contributed by atoms with van der Waals surface area (Å²) in [5.41, 5.74) is 1.88. The molecule has 0 aromatic heterocycles. The van der Waals surface area contributed by atoms with Gasteiger partial charge in [0.15, 0.2) is 0 Å². The molecule has 0 heterocycles. The van der Waals surface area contributed by atoms with Gasteiger partial charge in [-0.2, -0.15) is 24.3 Å². The molecule has 0 radical (unpaired) electrons.